The second-order valence-electron chi connectivity index (χ2n) is 5.46. The Labute approximate surface area is 149 Å². The van der Waals surface area contributed by atoms with Crippen molar-refractivity contribution in [2.24, 2.45) is 0 Å². The van der Waals surface area contributed by atoms with Gasteiger partial charge in [0.25, 0.3) is 0 Å². The first-order valence-electron chi connectivity index (χ1n) is 7.90. The van der Waals surface area contributed by atoms with Crippen LogP contribution in [0.5, 0.6) is 0 Å². The molecule has 0 aromatic rings. The molecule has 2 fully saturated rings. The number of urea groups is 1. The number of thioether (sulfide) groups is 1. The zero-order chi connectivity index (χ0) is 16.5. The van der Waals surface area contributed by atoms with E-state index in [2.05, 4.69) is 10.6 Å². The van der Waals surface area contributed by atoms with Crippen LogP contribution in [0.1, 0.15) is 25.7 Å². The van der Waals surface area contributed by atoms with Crippen molar-refractivity contribution >= 4 is 45.4 Å². The van der Waals surface area contributed by atoms with E-state index in [0.717, 1.165) is 30.8 Å². The average Bonchev–Trinajstić information content (AvgIpc) is 3.07. The van der Waals surface area contributed by atoms with Crippen LogP contribution in [0.15, 0.2) is 0 Å². The Bertz CT molecular complexity index is 400. The molecule has 2 saturated heterocycles. The molecule has 0 radical (unpaired) electrons. The lowest BCUT2D eigenvalue weighted by atomic mass is 10.0. The summed E-state index contributed by atoms with van der Waals surface area (Å²) in [6, 6.07) is 0.459. The van der Waals surface area contributed by atoms with Gasteiger partial charge in [-0.3, -0.25) is 4.79 Å². The molecule has 0 aromatic heterocycles. The maximum atomic E-state index is 11.6. The van der Waals surface area contributed by atoms with Crippen molar-refractivity contribution in [1.29, 1.82) is 0 Å². The monoisotopic (exact) mass is 380 g/mol. The molecule has 0 spiro atoms. The Morgan fingerprint density at radius 2 is 2.13 bits per heavy atom. The van der Waals surface area contributed by atoms with Crippen molar-refractivity contribution < 1.29 is 19.4 Å². The van der Waals surface area contributed by atoms with Crippen molar-refractivity contribution in [3.05, 3.63) is 0 Å². The minimum Gasteiger partial charge on any atom is -0.465 e. The molecule has 2 heterocycles. The molecule has 3 N–H and O–H groups in total. The van der Waals surface area contributed by atoms with Gasteiger partial charge in [-0.2, -0.15) is 11.8 Å². The quantitative estimate of drug-likeness (QED) is 0.217. The van der Waals surface area contributed by atoms with Crippen molar-refractivity contribution in [1.82, 2.24) is 10.6 Å². The zero-order valence-corrected chi connectivity index (χ0v) is 15.4. The first kappa shape index (κ1) is 19.1. The molecule has 9 heteroatoms. The SMILES string of the molecule is O=C1N[C@H]2[C@H](CS[C@H]2CCCCC(=O)OCCSSCCO)N1. The van der Waals surface area contributed by atoms with Crippen molar-refractivity contribution in [2.45, 2.75) is 43.0 Å². The lowest BCUT2D eigenvalue weighted by molar-refractivity contribution is -0.143. The van der Waals surface area contributed by atoms with Crippen LogP contribution in [0.25, 0.3) is 0 Å². The fraction of sp³-hybridized carbons (Fsp3) is 0.857. The van der Waals surface area contributed by atoms with Crippen LogP contribution < -0.4 is 10.6 Å². The lowest BCUT2D eigenvalue weighted by Gasteiger charge is -2.16. The van der Waals surface area contributed by atoms with E-state index in [9.17, 15) is 9.59 Å². The molecule has 2 aliphatic heterocycles. The zero-order valence-electron chi connectivity index (χ0n) is 13.0. The van der Waals surface area contributed by atoms with Crippen molar-refractivity contribution in [3.63, 3.8) is 0 Å². The van der Waals surface area contributed by atoms with Crippen LogP contribution in [-0.4, -0.2) is 64.9 Å². The Kier molecular flexibility index (Phi) is 8.78. The highest BCUT2D eigenvalue weighted by atomic mass is 33.1. The number of aliphatic hydroxyl groups excluding tert-OH is 1. The third kappa shape index (κ3) is 6.64. The summed E-state index contributed by atoms with van der Waals surface area (Å²) in [4.78, 5) is 22.9. The Balaban J connectivity index is 1.46. The summed E-state index contributed by atoms with van der Waals surface area (Å²) in [6.07, 6.45) is 3.30. The van der Waals surface area contributed by atoms with Crippen molar-refractivity contribution in [2.75, 3.05) is 30.5 Å². The molecule has 0 unspecified atom stereocenters. The molecule has 2 rings (SSSR count). The Hall–Kier alpha value is -0.250. The number of hydrogen-bond donors (Lipinski definition) is 3. The summed E-state index contributed by atoms with van der Waals surface area (Å²) in [5, 5.41) is 15.0. The fourth-order valence-electron chi connectivity index (χ4n) is 2.67. The fourth-order valence-corrected chi connectivity index (χ4v) is 5.81. The van der Waals surface area contributed by atoms with Gasteiger partial charge in [0.05, 0.1) is 18.7 Å². The summed E-state index contributed by atoms with van der Waals surface area (Å²) < 4.78 is 5.17. The van der Waals surface area contributed by atoms with E-state index in [4.69, 9.17) is 9.84 Å². The molecule has 0 aromatic carbocycles. The van der Waals surface area contributed by atoms with Gasteiger partial charge >= 0.3 is 12.0 Å². The lowest BCUT2D eigenvalue weighted by Crippen LogP contribution is -2.36. The van der Waals surface area contributed by atoms with E-state index in [-0.39, 0.29) is 30.7 Å². The van der Waals surface area contributed by atoms with Gasteiger partial charge in [0.1, 0.15) is 6.61 Å². The van der Waals surface area contributed by atoms with Gasteiger partial charge < -0.3 is 20.5 Å². The van der Waals surface area contributed by atoms with Gasteiger partial charge in [0, 0.05) is 28.9 Å². The number of hydrogen-bond acceptors (Lipinski definition) is 7. The van der Waals surface area contributed by atoms with Gasteiger partial charge in [-0.1, -0.05) is 28.0 Å². The normalized spacial score (nSPS) is 25.8. The third-order valence-corrected chi connectivity index (χ3v) is 7.60. The van der Waals surface area contributed by atoms with Crippen LogP contribution in [-0.2, 0) is 9.53 Å². The van der Waals surface area contributed by atoms with E-state index in [1.165, 1.54) is 0 Å². The number of ether oxygens (including phenoxy) is 1. The maximum Gasteiger partial charge on any atom is 0.315 e. The predicted octanol–water partition coefficient (Wildman–Crippen LogP) is 1.63. The minimum atomic E-state index is -0.134. The number of amides is 2. The topological polar surface area (TPSA) is 87.7 Å². The van der Waals surface area contributed by atoms with Crippen LogP contribution in [0, 0.1) is 0 Å². The summed E-state index contributed by atoms with van der Waals surface area (Å²) in [7, 11) is 3.20. The number of carbonyl (C=O) groups is 2. The van der Waals surface area contributed by atoms with E-state index < -0.39 is 0 Å². The first-order valence-corrected chi connectivity index (χ1v) is 11.4. The highest BCUT2D eigenvalue weighted by Gasteiger charge is 2.42. The van der Waals surface area contributed by atoms with Crippen molar-refractivity contribution in [3.8, 4) is 0 Å². The number of fused-ring (bicyclic) bond motifs is 1. The summed E-state index contributed by atoms with van der Waals surface area (Å²) in [5.41, 5.74) is 0. The molecule has 3 atom stereocenters. The number of aliphatic hydroxyl groups is 1. The highest BCUT2D eigenvalue weighted by molar-refractivity contribution is 8.76. The van der Waals surface area contributed by atoms with Gasteiger partial charge in [0.15, 0.2) is 0 Å². The number of esters is 1. The smallest absolute Gasteiger partial charge is 0.315 e. The van der Waals surface area contributed by atoms with E-state index in [0.29, 0.717) is 24.0 Å². The largest absolute Gasteiger partial charge is 0.465 e. The van der Waals surface area contributed by atoms with E-state index in [1.807, 2.05) is 11.8 Å². The molecule has 6 nitrogen and oxygen atoms in total. The molecule has 0 aliphatic carbocycles. The van der Waals surface area contributed by atoms with Crippen LogP contribution in [0.3, 0.4) is 0 Å². The standard InChI is InChI=1S/C14H24N2O4S3/c17-5-7-22-23-8-6-20-12(18)4-2-1-3-11-13-10(9-21-11)15-14(19)16-13/h10-11,13,17H,1-9H2,(H2,15,16,19)/t10-,11-,13-/m0/s1. The minimum absolute atomic E-state index is 0.0519. The van der Waals surface area contributed by atoms with E-state index >= 15 is 0 Å². The van der Waals surface area contributed by atoms with Gasteiger partial charge in [0.2, 0.25) is 0 Å². The molecule has 132 valence electrons. The maximum absolute atomic E-state index is 11.6. The third-order valence-electron chi connectivity index (χ3n) is 3.75. The van der Waals surface area contributed by atoms with Crippen LogP contribution >= 0.6 is 33.3 Å². The second kappa shape index (κ2) is 10.6. The summed E-state index contributed by atoms with van der Waals surface area (Å²) in [6.45, 7) is 0.611. The van der Waals surface area contributed by atoms with Gasteiger partial charge in [-0.15, -0.1) is 0 Å². The number of rotatable bonds is 11. The van der Waals surface area contributed by atoms with Crippen LogP contribution in [0.2, 0.25) is 0 Å². The predicted molar refractivity (Wildman–Crippen MR) is 96.9 cm³/mol. The number of carbonyl (C=O) groups excluding carboxylic acids is 2. The molecule has 0 saturated carbocycles. The Morgan fingerprint density at radius 3 is 2.96 bits per heavy atom. The Morgan fingerprint density at radius 1 is 1.30 bits per heavy atom. The molecule has 0 bridgehead atoms. The van der Waals surface area contributed by atoms with Gasteiger partial charge in [-0.25, -0.2) is 4.79 Å². The second-order valence-corrected chi connectivity index (χ2v) is 9.43. The molecular formula is C14H24N2O4S3. The molecule has 2 aliphatic rings. The average molecular weight is 381 g/mol. The first-order chi connectivity index (χ1) is 11.2. The number of unbranched alkanes of at least 4 members (excludes halogenated alkanes) is 1. The van der Waals surface area contributed by atoms with E-state index in [1.54, 1.807) is 21.6 Å². The summed E-state index contributed by atoms with van der Waals surface area (Å²) in [5.74, 6) is 2.30. The highest BCUT2D eigenvalue weighted by Crippen LogP contribution is 2.33. The number of nitrogens with one attached hydrogen (secondary N) is 2. The molecular weight excluding hydrogens is 356 g/mol. The summed E-state index contributed by atoms with van der Waals surface area (Å²) >= 11 is 1.90. The van der Waals surface area contributed by atoms with Crippen LogP contribution in [0.4, 0.5) is 4.79 Å². The molecule has 2 amide bonds. The van der Waals surface area contributed by atoms with Gasteiger partial charge in [-0.05, 0) is 12.8 Å². The molecule has 23 heavy (non-hydrogen) atoms.